The Morgan fingerprint density at radius 1 is 1.18 bits per heavy atom. The molecule has 7 nitrogen and oxygen atoms in total. The van der Waals surface area contributed by atoms with Crippen molar-refractivity contribution in [1.82, 2.24) is 19.9 Å². The second-order valence-electron chi connectivity index (χ2n) is 8.42. The number of allylic oxidation sites excluding steroid dienone is 1. The molecule has 8 heteroatoms. The summed E-state index contributed by atoms with van der Waals surface area (Å²) in [6.45, 7) is 3.41. The molecule has 1 saturated heterocycles. The summed E-state index contributed by atoms with van der Waals surface area (Å²) >= 11 is 1.67. The Kier molecular flexibility index (Phi) is 5.83. The first-order valence-electron chi connectivity index (χ1n) is 10.8. The van der Waals surface area contributed by atoms with Gasteiger partial charge in [0.15, 0.2) is 0 Å². The van der Waals surface area contributed by atoms with Gasteiger partial charge in [-0.1, -0.05) is 6.08 Å². The second-order valence-corrected chi connectivity index (χ2v) is 9.31. The van der Waals surface area contributed by atoms with E-state index in [0.29, 0.717) is 23.2 Å². The predicted molar refractivity (Wildman–Crippen MR) is 128 cm³/mol. The number of likely N-dealkylation sites (tertiary alicyclic amines) is 1. The molecule has 4 heterocycles. The molecule has 166 valence electrons. The number of rotatable bonds is 5. The average Bonchev–Trinajstić information content (AvgIpc) is 3.55. The van der Waals surface area contributed by atoms with E-state index in [2.05, 4.69) is 26.3 Å². The van der Waals surface area contributed by atoms with Crippen LogP contribution in [0.5, 0.6) is 0 Å². The Hall–Kier alpha value is -3.65. The molecule has 3 aromatic rings. The van der Waals surface area contributed by atoms with Gasteiger partial charge < -0.3 is 10.2 Å². The third-order valence-corrected chi connectivity index (χ3v) is 6.84. The standard InChI is InChI=1S/C25H23N5O2S/c1-16-8-19(13-26-11-16)24(32)29-22-4-2-17(12-28-22)3-5-23(31)30-14-20-9-18(10-21(20)15-30)25-27-6-7-33-25/h2-9,11-13,20-21H,10,14-15H2,1H3,(H,28,29,32). The molecular formula is C25H23N5O2S. The van der Waals surface area contributed by atoms with Crippen molar-refractivity contribution < 1.29 is 9.59 Å². The molecule has 1 N–H and O–H groups in total. The van der Waals surface area contributed by atoms with Crippen LogP contribution in [0.2, 0.25) is 0 Å². The number of carbonyl (C=O) groups is 2. The summed E-state index contributed by atoms with van der Waals surface area (Å²) in [7, 11) is 0. The fourth-order valence-electron chi connectivity index (χ4n) is 4.35. The van der Waals surface area contributed by atoms with E-state index in [1.54, 1.807) is 48.0 Å². The first-order valence-corrected chi connectivity index (χ1v) is 11.7. The van der Waals surface area contributed by atoms with Gasteiger partial charge in [0.05, 0.1) is 5.56 Å². The Labute approximate surface area is 195 Å². The van der Waals surface area contributed by atoms with Gasteiger partial charge in [-0.15, -0.1) is 11.3 Å². The average molecular weight is 458 g/mol. The Morgan fingerprint density at radius 3 is 2.82 bits per heavy atom. The highest BCUT2D eigenvalue weighted by Crippen LogP contribution is 2.41. The molecule has 5 rings (SSSR count). The van der Waals surface area contributed by atoms with E-state index >= 15 is 0 Å². The summed E-state index contributed by atoms with van der Waals surface area (Å²) in [6.07, 6.45) is 13.3. The van der Waals surface area contributed by atoms with Gasteiger partial charge in [-0.3, -0.25) is 14.6 Å². The minimum Gasteiger partial charge on any atom is -0.338 e. The number of hydrogen-bond acceptors (Lipinski definition) is 6. The normalized spacial score (nSPS) is 19.5. The van der Waals surface area contributed by atoms with E-state index in [1.807, 2.05) is 29.5 Å². The number of aryl methyl sites for hydroxylation is 1. The fourth-order valence-corrected chi connectivity index (χ4v) is 5.02. The Bertz CT molecular complexity index is 1230. The second kappa shape index (κ2) is 9.07. The number of carbonyl (C=O) groups excluding carboxylic acids is 2. The third kappa shape index (κ3) is 4.75. The number of fused-ring (bicyclic) bond motifs is 1. The van der Waals surface area contributed by atoms with Gasteiger partial charge >= 0.3 is 0 Å². The number of amides is 2. The van der Waals surface area contributed by atoms with Crippen molar-refractivity contribution in [1.29, 1.82) is 0 Å². The third-order valence-electron chi connectivity index (χ3n) is 5.99. The number of hydrogen-bond donors (Lipinski definition) is 1. The van der Waals surface area contributed by atoms with Crippen molar-refractivity contribution in [3.05, 3.63) is 82.2 Å². The molecule has 0 spiro atoms. The van der Waals surface area contributed by atoms with Crippen LogP contribution in [0, 0.1) is 18.8 Å². The van der Waals surface area contributed by atoms with Gasteiger partial charge in [0.1, 0.15) is 10.8 Å². The van der Waals surface area contributed by atoms with Gasteiger partial charge in [-0.25, -0.2) is 9.97 Å². The molecule has 2 amide bonds. The van der Waals surface area contributed by atoms with E-state index < -0.39 is 0 Å². The minimum absolute atomic E-state index is 0.0120. The number of nitrogens with one attached hydrogen (secondary N) is 1. The smallest absolute Gasteiger partial charge is 0.258 e. The van der Waals surface area contributed by atoms with Gasteiger partial charge in [0.2, 0.25) is 5.91 Å². The van der Waals surface area contributed by atoms with Gasteiger partial charge in [0.25, 0.3) is 5.91 Å². The number of thiazole rings is 1. The van der Waals surface area contributed by atoms with Gasteiger partial charge in [-0.2, -0.15) is 0 Å². The molecule has 1 aliphatic carbocycles. The number of nitrogens with zero attached hydrogens (tertiary/aromatic N) is 4. The zero-order chi connectivity index (χ0) is 22.8. The Balaban J connectivity index is 1.16. The quantitative estimate of drug-likeness (QED) is 0.584. The molecule has 0 bridgehead atoms. The predicted octanol–water partition coefficient (Wildman–Crippen LogP) is 4.07. The molecular weight excluding hydrogens is 434 g/mol. The summed E-state index contributed by atoms with van der Waals surface area (Å²) in [5.41, 5.74) is 3.51. The molecule has 0 radical (unpaired) electrons. The first-order chi connectivity index (χ1) is 16.0. The maximum Gasteiger partial charge on any atom is 0.258 e. The van der Waals surface area contributed by atoms with Crippen LogP contribution in [-0.2, 0) is 4.79 Å². The zero-order valence-corrected chi connectivity index (χ0v) is 19.0. The largest absolute Gasteiger partial charge is 0.338 e. The number of aromatic nitrogens is 3. The summed E-state index contributed by atoms with van der Waals surface area (Å²) in [5.74, 6) is 1.09. The summed E-state index contributed by atoms with van der Waals surface area (Å²) in [6, 6.07) is 5.31. The van der Waals surface area contributed by atoms with Crippen LogP contribution < -0.4 is 5.32 Å². The molecule has 33 heavy (non-hydrogen) atoms. The van der Waals surface area contributed by atoms with Crippen LogP contribution in [0.25, 0.3) is 11.6 Å². The summed E-state index contributed by atoms with van der Waals surface area (Å²) < 4.78 is 0. The molecule has 0 saturated carbocycles. The van der Waals surface area contributed by atoms with Crippen molar-refractivity contribution in [3.63, 3.8) is 0 Å². The lowest BCUT2D eigenvalue weighted by Crippen LogP contribution is -2.27. The highest BCUT2D eigenvalue weighted by molar-refractivity contribution is 7.10. The lowest BCUT2D eigenvalue weighted by molar-refractivity contribution is -0.125. The first kappa shape index (κ1) is 21.2. The van der Waals surface area contributed by atoms with Crippen LogP contribution in [0.4, 0.5) is 5.82 Å². The molecule has 2 atom stereocenters. The molecule has 3 aromatic heterocycles. The van der Waals surface area contributed by atoms with E-state index in [1.165, 1.54) is 11.8 Å². The van der Waals surface area contributed by atoms with Crippen molar-refractivity contribution in [2.75, 3.05) is 18.4 Å². The monoisotopic (exact) mass is 457 g/mol. The van der Waals surface area contributed by atoms with Crippen molar-refractivity contribution in [2.24, 2.45) is 11.8 Å². The van der Waals surface area contributed by atoms with Crippen LogP contribution in [0.15, 0.2) is 60.5 Å². The van der Waals surface area contributed by atoms with E-state index in [9.17, 15) is 9.59 Å². The minimum atomic E-state index is -0.260. The van der Waals surface area contributed by atoms with Crippen LogP contribution in [-0.4, -0.2) is 44.8 Å². The maximum absolute atomic E-state index is 12.7. The summed E-state index contributed by atoms with van der Waals surface area (Å²) in [5, 5.41) is 5.86. The highest BCUT2D eigenvalue weighted by atomic mass is 32.1. The molecule has 2 unspecified atom stereocenters. The van der Waals surface area contributed by atoms with Gasteiger partial charge in [-0.05, 0) is 66.2 Å². The van der Waals surface area contributed by atoms with Crippen molar-refractivity contribution in [3.8, 4) is 0 Å². The number of anilines is 1. The zero-order valence-electron chi connectivity index (χ0n) is 18.1. The lowest BCUT2D eigenvalue weighted by atomic mass is 10.00. The van der Waals surface area contributed by atoms with Crippen molar-refractivity contribution in [2.45, 2.75) is 13.3 Å². The fraction of sp³-hybridized carbons (Fsp3) is 0.240. The lowest BCUT2D eigenvalue weighted by Gasteiger charge is -2.14. The van der Waals surface area contributed by atoms with Crippen molar-refractivity contribution >= 4 is 40.6 Å². The van der Waals surface area contributed by atoms with Gasteiger partial charge in [0, 0.05) is 49.3 Å². The number of pyridine rings is 2. The highest BCUT2D eigenvalue weighted by Gasteiger charge is 2.38. The van der Waals surface area contributed by atoms with E-state index in [4.69, 9.17) is 0 Å². The van der Waals surface area contributed by atoms with E-state index in [0.717, 1.165) is 35.6 Å². The van der Waals surface area contributed by atoms with E-state index in [-0.39, 0.29) is 11.8 Å². The molecule has 2 aliphatic rings. The molecule has 1 aliphatic heterocycles. The SMILES string of the molecule is Cc1cncc(C(=O)Nc2ccc(C=CC(=O)N3CC4C=C(c5nccs5)CC4C3)cn2)c1. The van der Waals surface area contributed by atoms with Crippen LogP contribution in [0.3, 0.4) is 0 Å². The van der Waals surface area contributed by atoms with Crippen LogP contribution in [0.1, 0.15) is 32.9 Å². The maximum atomic E-state index is 12.7. The summed E-state index contributed by atoms with van der Waals surface area (Å²) in [4.78, 5) is 39.6. The molecule has 0 aromatic carbocycles. The topological polar surface area (TPSA) is 88.1 Å². The molecule has 1 fully saturated rings. The Morgan fingerprint density at radius 2 is 2.09 bits per heavy atom. The van der Waals surface area contributed by atoms with Crippen LogP contribution >= 0.6 is 11.3 Å².